The van der Waals surface area contributed by atoms with Crippen LogP contribution in [0, 0.1) is 0 Å². The molecule has 1 saturated heterocycles. The third-order valence-corrected chi connectivity index (χ3v) is 7.44. The highest BCUT2D eigenvalue weighted by Crippen LogP contribution is 2.30. The van der Waals surface area contributed by atoms with Gasteiger partial charge in [0.05, 0.1) is 36.1 Å². The van der Waals surface area contributed by atoms with Gasteiger partial charge in [0.25, 0.3) is 0 Å². The molecule has 0 aromatic heterocycles. The molecule has 1 unspecified atom stereocenters. The van der Waals surface area contributed by atoms with E-state index in [9.17, 15) is 27.6 Å². The molecule has 0 saturated carbocycles. The van der Waals surface area contributed by atoms with Crippen LogP contribution in [0.5, 0.6) is 0 Å². The normalized spacial score (nSPS) is 14.7. The summed E-state index contributed by atoms with van der Waals surface area (Å²) in [4.78, 5) is 40.7. The van der Waals surface area contributed by atoms with Crippen LogP contribution in [0.2, 0.25) is 0 Å². The van der Waals surface area contributed by atoms with Crippen LogP contribution in [0.4, 0.5) is 35.0 Å². The van der Waals surface area contributed by atoms with Crippen LogP contribution < -0.4 is 21.3 Å². The SMILES string of the molecule is CC(C)(C)OC(=O)Nc1ccccc1NC(=O)/C=C/c1ccc(C(CNCCN2CCOCC2)C(=O)Nc2ccc(C(F)(F)F)cc2)cc1. The summed E-state index contributed by atoms with van der Waals surface area (Å²) in [6, 6.07) is 18.1. The first kappa shape index (κ1) is 37.1. The zero-order chi connectivity index (χ0) is 35.4. The van der Waals surface area contributed by atoms with Crippen LogP contribution in [0.15, 0.2) is 78.9 Å². The molecule has 1 fully saturated rings. The molecule has 3 amide bonds. The van der Waals surface area contributed by atoms with Crippen LogP contribution in [0.3, 0.4) is 0 Å². The van der Waals surface area contributed by atoms with Gasteiger partial charge >= 0.3 is 12.3 Å². The summed E-state index contributed by atoms with van der Waals surface area (Å²) in [5, 5.41) is 11.5. The Kier molecular flexibility index (Phi) is 12.9. The number of rotatable bonds is 12. The molecule has 1 aliphatic rings. The number of hydrogen-bond acceptors (Lipinski definition) is 7. The lowest BCUT2D eigenvalue weighted by atomic mass is 9.96. The molecule has 3 aromatic rings. The zero-order valence-electron chi connectivity index (χ0n) is 27.7. The first-order valence-corrected chi connectivity index (χ1v) is 15.9. The van der Waals surface area contributed by atoms with E-state index in [0.29, 0.717) is 48.8 Å². The molecule has 49 heavy (non-hydrogen) atoms. The summed E-state index contributed by atoms with van der Waals surface area (Å²) >= 11 is 0. The molecule has 4 rings (SSSR count). The molecule has 262 valence electrons. The van der Waals surface area contributed by atoms with Gasteiger partial charge in [0.1, 0.15) is 5.60 Å². The molecule has 0 spiro atoms. The number of benzene rings is 3. The Labute approximate surface area is 284 Å². The van der Waals surface area contributed by atoms with Crippen molar-refractivity contribution < 1.29 is 37.0 Å². The van der Waals surface area contributed by atoms with E-state index in [4.69, 9.17) is 9.47 Å². The monoisotopic (exact) mass is 681 g/mol. The van der Waals surface area contributed by atoms with E-state index < -0.39 is 35.3 Å². The number of amides is 3. The van der Waals surface area contributed by atoms with Crippen molar-refractivity contribution >= 4 is 41.0 Å². The predicted octanol–water partition coefficient (Wildman–Crippen LogP) is 6.35. The van der Waals surface area contributed by atoms with Gasteiger partial charge in [-0.1, -0.05) is 36.4 Å². The average Bonchev–Trinajstić information content (AvgIpc) is 3.04. The van der Waals surface area contributed by atoms with Crippen molar-refractivity contribution in [2.24, 2.45) is 0 Å². The maximum atomic E-state index is 13.4. The lowest BCUT2D eigenvalue weighted by molar-refractivity contribution is -0.137. The lowest BCUT2D eigenvalue weighted by Crippen LogP contribution is -2.41. The van der Waals surface area contributed by atoms with Crippen LogP contribution in [0.25, 0.3) is 6.08 Å². The van der Waals surface area contributed by atoms with Crippen molar-refractivity contribution in [1.82, 2.24) is 10.2 Å². The summed E-state index contributed by atoms with van der Waals surface area (Å²) in [5.41, 5.74) is 0.919. The molecule has 13 heteroatoms. The molecule has 1 aliphatic heterocycles. The van der Waals surface area contributed by atoms with Gasteiger partial charge in [0, 0.05) is 44.5 Å². The Morgan fingerprint density at radius 2 is 1.51 bits per heavy atom. The number of carbonyl (C=O) groups is 3. The summed E-state index contributed by atoms with van der Waals surface area (Å²) < 4.78 is 49.7. The van der Waals surface area contributed by atoms with Crippen molar-refractivity contribution in [2.75, 3.05) is 61.9 Å². The number of ether oxygens (including phenoxy) is 2. The molecule has 0 aliphatic carbocycles. The second-order valence-corrected chi connectivity index (χ2v) is 12.4. The molecule has 0 radical (unpaired) electrons. The summed E-state index contributed by atoms with van der Waals surface area (Å²) in [6.45, 7) is 10.00. The lowest BCUT2D eigenvalue weighted by Gasteiger charge is -2.27. The summed E-state index contributed by atoms with van der Waals surface area (Å²) in [5.74, 6) is -1.46. The number of nitrogens with zero attached hydrogens (tertiary/aromatic N) is 1. The highest BCUT2D eigenvalue weighted by Gasteiger charge is 2.30. The van der Waals surface area contributed by atoms with Gasteiger partial charge in [-0.25, -0.2) is 4.79 Å². The first-order valence-electron chi connectivity index (χ1n) is 15.9. The van der Waals surface area contributed by atoms with Crippen LogP contribution >= 0.6 is 0 Å². The van der Waals surface area contributed by atoms with Crippen molar-refractivity contribution in [3.63, 3.8) is 0 Å². The Bertz CT molecular complexity index is 1580. The molecule has 0 bridgehead atoms. The van der Waals surface area contributed by atoms with Gasteiger partial charge in [-0.15, -0.1) is 0 Å². The highest BCUT2D eigenvalue weighted by atomic mass is 19.4. The Morgan fingerprint density at radius 1 is 0.878 bits per heavy atom. The molecule has 10 nitrogen and oxygen atoms in total. The minimum absolute atomic E-state index is 0.254. The third kappa shape index (κ3) is 12.3. The maximum Gasteiger partial charge on any atom is 0.416 e. The van der Waals surface area contributed by atoms with Crippen LogP contribution in [-0.4, -0.2) is 74.3 Å². The van der Waals surface area contributed by atoms with Crippen molar-refractivity contribution in [2.45, 2.75) is 38.5 Å². The number of para-hydroxylation sites is 2. The van der Waals surface area contributed by atoms with Crippen molar-refractivity contribution in [3.05, 3.63) is 95.6 Å². The van der Waals surface area contributed by atoms with E-state index in [2.05, 4.69) is 26.2 Å². The fourth-order valence-electron chi connectivity index (χ4n) is 4.94. The third-order valence-electron chi connectivity index (χ3n) is 7.44. The number of carbonyl (C=O) groups excluding carboxylic acids is 3. The summed E-state index contributed by atoms with van der Waals surface area (Å²) in [6.07, 6.45) is -2.17. The maximum absolute atomic E-state index is 13.4. The molecular weight excluding hydrogens is 639 g/mol. The topological polar surface area (TPSA) is 121 Å². The van der Waals surface area contributed by atoms with Gasteiger partial charge < -0.3 is 25.4 Å². The second kappa shape index (κ2) is 17.1. The largest absolute Gasteiger partial charge is 0.444 e. The minimum Gasteiger partial charge on any atom is -0.444 e. The van der Waals surface area contributed by atoms with E-state index in [-0.39, 0.29) is 11.6 Å². The number of hydrogen-bond donors (Lipinski definition) is 4. The number of halogens is 3. The fourth-order valence-corrected chi connectivity index (χ4v) is 4.94. The summed E-state index contributed by atoms with van der Waals surface area (Å²) in [7, 11) is 0. The number of morpholine rings is 1. The first-order chi connectivity index (χ1) is 23.3. The molecular formula is C36H42F3N5O5. The van der Waals surface area contributed by atoms with Gasteiger partial charge in [-0.2, -0.15) is 13.2 Å². The molecule has 3 aromatic carbocycles. The van der Waals surface area contributed by atoms with Gasteiger partial charge in [0.15, 0.2) is 0 Å². The van der Waals surface area contributed by atoms with E-state index in [1.807, 2.05) is 0 Å². The van der Waals surface area contributed by atoms with Gasteiger partial charge in [-0.3, -0.25) is 19.8 Å². The second-order valence-electron chi connectivity index (χ2n) is 12.4. The Morgan fingerprint density at radius 3 is 2.12 bits per heavy atom. The standard InChI is InChI=1S/C36H42F3N5O5/c1-35(2,3)49-34(47)43-31-7-5-4-6-30(31)42-32(45)17-10-25-8-11-26(12-9-25)29(24-40-18-19-44-20-22-48-23-21-44)33(46)41-28-15-13-27(14-16-28)36(37,38)39/h4-17,29,40H,18-24H2,1-3H3,(H,41,46)(H,42,45)(H,43,47)/b17-10+. The van der Waals surface area contributed by atoms with Gasteiger partial charge in [-0.05, 0) is 74.4 Å². The van der Waals surface area contributed by atoms with E-state index in [0.717, 1.165) is 31.8 Å². The van der Waals surface area contributed by atoms with Crippen molar-refractivity contribution in [3.8, 4) is 0 Å². The fraction of sp³-hybridized carbons (Fsp3) is 0.361. The molecule has 4 N–H and O–H groups in total. The Hall–Kier alpha value is -4.72. The quantitative estimate of drug-likeness (QED) is 0.130. The van der Waals surface area contributed by atoms with Crippen molar-refractivity contribution in [1.29, 1.82) is 0 Å². The number of nitrogens with one attached hydrogen (secondary N) is 4. The highest BCUT2D eigenvalue weighted by molar-refractivity contribution is 6.05. The number of alkyl halides is 3. The van der Waals surface area contributed by atoms with Crippen LogP contribution in [0.1, 0.15) is 43.4 Å². The zero-order valence-corrected chi connectivity index (χ0v) is 27.7. The molecule has 1 atom stereocenters. The van der Waals surface area contributed by atoms with Gasteiger partial charge in [0.2, 0.25) is 11.8 Å². The molecule has 1 heterocycles. The van der Waals surface area contributed by atoms with E-state index >= 15 is 0 Å². The van der Waals surface area contributed by atoms with Crippen LogP contribution in [-0.2, 0) is 25.2 Å². The van der Waals surface area contributed by atoms with E-state index in [1.54, 1.807) is 75.4 Å². The predicted molar refractivity (Wildman–Crippen MR) is 183 cm³/mol. The average molecular weight is 682 g/mol. The minimum atomic E-state index is -4.48. The Balaban J connectivity index is 1.40. The smallest absolute Gasteiger partial charge is 0.416 e. The van der Waals surface area contributed by atoms with E-state index in [1.165, 1.54) is 18.2 Å². The number of anilines is 3.